The van der Waals surface area contributed by atoms with Crippen molar-refractivity contribution in [1.82, 2.24) is 5.32 Å². The van der Waals surface area contributed by atoms with Crippen molar-refractivity contribution in [2.24, 2.45) is 5.92 Å². The van der Waals surface area contributed by atoms with Gasteiger partial charge in [0.25, 0.3) is 5.91 Å². The molecule has 1 saturated heterocycles. The SMILES string of the molecule is O=C1Nc2ccccc2CCC1OCC1CCNC1. The highest BCUT2D eigenvalue weighted by atomic mass is 16.5. The summed E-state index contributed by atoms with van der Waals surface area (Å²) in [5.41, 5.74) is 2.13. The van der Waals surface area contributed by atoms with Gasteiger partial charge in [0.2, 0.25) is 0 Å². The van der Waals surface area contributed by atoms with Crippen LogP contribution in [0.15, 0.2) is 24.3 Å². The van der Waals surface area contributed by atoms with Gasteiger partial charge in [0.15, 0.2) is 0 Å². The highest BCUT2D eigenvalue weighted by molar-refractivity contribution is 5.95. The van der Waals surface area contributed by atoms with Gasteiger partial charge in [0.1, 0.15) is 6.10 Å². The highest BCUT2D eigenvalue weighted by Crippen LogP contribution is 2.23. The van der Waals surface area contributed by atoms with Crippen molar-refractivity contribution in [3.05, 3.63) is 29.8 Å². The molecule has 4 nitrogen and oxygen atoms in total. The number of nitrogens with one attached hydrogen (secondary N) is 2. The summed E-state index contributed by atoms with van der Waals surface area (Å²) < 4.78 is 5.84. The van der Waals surface area contributed by atoms with Gasteiger partial charge in [-0.05, 0) is 43.4 Å². The van der Waals surface area contributed by atoms with Crippen LogP contribution in [0.25, 0.3) is 0 Å². The fourth-order valence-electron chi connectivity index (χ4n) is 2.76. The van der Waals surface area contributed by atoms with E-state index in [-0.39, 0.29) is 12.0 Å². The molecule has 1 amide bonds. The minimum absolute atomic E-state index is 0.00379. The van der Waals surface area contributed by atoms with E-state index in [1.54, 1.807) is 0 Å². The van der Waals surface area contributed by atoms with Crippen molar-refractivity contribution in [3.63, 3.8) is 0 Å². The summed E-state index contributed by atoms with van der Waals surface area (Å²) in [5, 5.41) is 6.29. The largest absolute Gasteiger partial charge is 0.368 e. The standard InChI is InChI=1S/C15H20N2O2/c18-15-14(19-10-11-7-8-16-9-11)6-5-12-3-1-2-4-13(12)17-15/h1-4,11,14,16H,5-10H2,(H,17,18). The zero-order valence-electron chi connectivity index (χ0n) is 11.0. The third-order valence-electron chi connectivity index (χ3n) is 3.94. The van der Waals surface area contributed by atoms with Crippen LogP contribution in [-0.2, 0) is 16.0 Å². The molecule has 0 radical (unpaired) electrons. The molecule has 2 heterocycles. The first-order valence-electron chi connectivity index (χ1n) is 7.04. The second-order valence-electron chi connectivity index (χ2n) is 5.37. The third kappa shape index (κ3) is 2.96. The Bertz CT molecular complexity index is 455. The molecule has 3 rings (SSSR count). The Balaban J connectivity index is 1.60. The maximum absolute atomic E-state index is 12.1. The Morgan fingerprint density at radius 1 is 1.26 bits per heavy atom. The molecule has 0 spiro atoms. The predicted octanol–water partition coefficient (Wildman–Crippen LogP) is 1.57. The average Bonchev–Trinajstić information content (AvgIpc) is 2.88. The minimum Gasteiger partial charge on any atom is -0.368 e. The van der Waals surface area contributed by atoms with Crippen molar-refractivity contribution < 1.29 is 9.53 Å². The van der Waals surface area contributed by atoms with Crippen molar-refractivity contribution in [2.75, 3.05) is 25.0 Å². The number of hydrogen-bond donors (Lipinski definition) is 2. The second kappa shape index (κ2) is 5.72. The fraction of sp³-hybridized carbons (Fsp3) is 0.533. The van der Waals surface area contributed by atoms with Crippen LogP contribution in [0.5, 0.6) is 0 Å². The number of rotatable bonds is 3. The molecule has 1 aromatic carbocycles. The Labute approximate surface area is 113 Å². The van der Waals surface area contributed by atoms with Crippen LogP contribution in [0.4, 0.5) is 5.69 Å². The van der Waals surface area contributed by atoms with E-state index in [4.69, 9.17) is 4.74 Å². The van der Waals surface area contributed by atoms with Gasteiger partial charge in [-0.1, -0.05) is 18.2 Å². The molecule has 0 bridgehead atoms. The molecule has 0 aromatic heterocycles. The van der Waals surface area contributed by atoms with Crippen LogP contribution in [0.1, 0.15) is 18.4 Å². The average molecular weight is 260 g/mol. The number of carbonyl (C=O) groups is 1. The maximum atomic E-state index is 12.1. The zero-order valence-corrected chi connectivity index (χ0v) is 11.0. The molecular weight excluding hydrogens is 240 g/mol. The number of ether oxygens (including phenoxy) is 1. The first kappa shape index (κ1) is 12.6. The maximum Gasteiger partial charge on any atom is 0.253 e. The number of benzene rings is 1. The van der Waals surface area contributed by atoms with E-state index in [1.165, 1.54) is 5.56 Å². The molecular formula is C15H20N2O2. The van der Waals surface area contributed by atoms with Crippen LogP contribution in [0.2, 0.25) is 0 Å². The molecule has 1 aromatic rings. The number of para-hydroxylation sites is 1. The van der Waals surface area contributed by atoms with E-state index in [9.17, 15) is 4.79 Å². The van der Waals surface area contributed by atoms with E-state index in [0.29, 0.717) is 12.5 Å². The smallest absolute Gasteiger partial charge is 0.253 e. The number of anilines is 1. The molecule has 2 unspecified atom stereocenters. The predicted molar refractivity (Wildman–Crippen MR) is 74.1 cm³/mol. The van der Waals surface area contributed by atoms with Crippen LogP contribution >= 0.6 is 0 Å². The minimum atomic E-state index is -0.312. The topological polar surface area (TPSA) is 50.4 Å². The van der Waals surface area contributed by atoms with Gasteiger partial charge in [0, 0.05) is 12.2 Å². The Morgan fingerprint density at radius 2 is 2.16 bits per heavy atom. The second-order valence-corrected chi connectivity index (χ2v) is 5.37. The summed E-state index contributed by atoms with van der Waals surface area (Å²) in [6, 6.07) is 7.98. The number of amides is 1. The summed E-state index contributed by atoms with van der Waals surface area (Å²) in [6.07, 6.45) is 2.49. The number of aryl methyl sites for hydroxylation is 1. The van der Waals surface area contributed by atoms with Gasteiger partial charge in [-0.3, -0.25) is 4.79 Å². The fourth-order valence-corrected chi connectivity index (χ4v) is 2.76. The van der Waals surface area contributed by atoms with Crippen LogP contribution in [-0.4, -0.2) is 31.7 Å². The molecule has 2 aliphatic rings. The summed E-state index contributed by atoms with van der Waals surface area (Å²) in [5.74, 6) is 0.550. The van der Waals surface area contributed by atoms with Gasteiger partial charge < -0.3 is 15.4 Å². The Kier molecular flexibility index (Phi) is 3.80. The van der Waals surface area contributed by atoms with Gasteiger partial charge in [-0.2, -0.15) is 0 Å². The van der Waals surface area contributed by atoms with Crippen molar-refractivity contribution >= 4 is 11.6 Å². The van der Waals surface area contributed by atoms with Crippen LogP contribution < -0.4 is 10.6 Å². The molecule has 19 heavy (non-hydrogen) atoms. The van der Waals surface area contributed by atoms with Gasteiger partial charge in [-0.25, -0.2) is 0 Å². The lowest BCUT2D eigenvalue weighted by molar-refractivity contribution is -0.128. The van der Waals surface area contributed by atoms with E-state index >= 15 is 0 Å². The van der Waals surface area contributed by atoms with Crippen molar-refractivity contribution in [3.8, 4) is 0 Å². The molecule has 102 valence electrons. The summed E-state index contributed by atoms with van der Waals surface area (Å²) in [6.45, 7) is 2.76. The lowest BCUT2D eigenvalue weighted by Crippen LogP contribution is -2.31. The summed E-state index contributed by atoms with van der Waals surface area (Å²) in [7, 11) is 0. The zero-order chi connectivity index (χ0) is 13.1. The molecule has 1 fully saturated rings. The van der Waals surface area contributed by atoms with E-state index in [2.05, 4.69) is 16.7 Å². The van der Waals surface area contributed by atoms with E-state index in [0.717, 1.165) is 38.0 Å². The van der Waals surface area contributed by atoms with Gasteiger partial charge in [-0.15, -0.1) is 0 Å². The molecule has 2 atom stereocenters. The summed E-state index contributed by atoms with van der Waals surface area (Å²) in [4.78, 5) is 12.1. The lowest BCUT2D eigenvalue weighted by atomic mass is 10.1. The van der Waals surface area contributed by atoms with E-state index < -0.39 is 0 Å². The lowest BCUT2D eigenvalue weighted by Gasteiger charge is -2.17. The Hall–Kier alpha value is -1.39. The summed E-state index contributed by atoms with van der Waals surface area (Å²) >= 11 is 0. The van der Waals surface area contributed by atoms with Crippen LogP contribution in [0, 0.1) is 5.92 Å². The monoisotopic (exact) mass is 260 g/mol. The number of carbonyl (C=O) groups excluding carboxylic acids is 1. The molecule has 4 heteroatoms. The molecule has 2 N–H and O–H groups in total. The molecule has 2 aliphatic heterocycles. The van der Waals surface area contributed by atoms with E-state index in [1.807, 2.05) is 18.2 Å². The quantitative estimate of drug-likeness (QED) is 0.867. The third-order valence-corrected chi connectivity index (χ3v) is 3.94. The Morgan fingerprint density at radius 3 is 3.00 bits per heavy atom. The van der Waals surface area contributed by atoms with Gasteiger partial charge >= 0.3 is 0 Å². The van der Waals surface area contributed by atoms with Crippen molar-refractivity contribution in [1.29, 1.82) is 0 Å². The van der Waals surface area contributed by atoms with Crippen molar-refractivity contribution in [2.45, 2.75) is 25.4 Å². The van der Waals surface area contributed by atoms with Gasteiger partial charge in [0.05, 0.1) is 6.61 Å². The normalized spacial score (nSPS) is 26.6. The highest BCUT2D eigenvalue weighted by Gasteiger charge is 2.25. The number of fused-ring (bicyclic) bond motifs is 1. The first-order chi connectivity index (χ1) is 9.33. The van der Waals surface area contributed by atoms with Crippen LogP contribution in [0.3, 0.4) is 0 Å². The number of hydrogen-bond acceptors (Lipinski definition) is 3. The molecule has 0 aliphatic carbocycles. The first-order valence-corrected chi connectivity index (χ1v) is 7.04. The molecule has 0 saturated carbocycles.